The summed E-state index contributed by atoms with van der Waals surface area (Å²) < 4.78 is 0. The highest BCUT2D eigenvalue weighted by Gasteiger charge is 2.26. The summed E-state index contributed by atoms with van der Waals surface area (Å²) in [4.78, 5) is 40.6. The first-order chi connectivity index (χ1) is 16.5. The predicted octanol–water partition coefficient (Wildman–Crippen LogP) is 2.95. The minimum Gasteiger partial charge on any atom is -0.375 e. The Bertz CT molecular complexity index is 1220. The van der Waals surface area contributed by atoms with E-state index in [1.54, 1.807) is 23.4 Å². The highest BCUT2D eigenvalue weighted by atomic mass is 16.7. The normalized spacial score (nSPS) is 15.6. The second-order valence-electron chi connectivity index (χ2n) is 8.34. The zero-order valence-corrected chi connectivity index (χ0v) is 19.1. The number of carbonyl (C=O) groups excluding carboxylic acids is 2. The van der Waals surface area contributed by atoms with Gasteiger partial charge in [0.25, 0.3) is 5.91 Å². The Hall–Kier alpha value is -4.27. The quantitative estimate of drug-likeness (QED) is 0.630. The molecular weight excluding hydrogens is 432 g/mol. The van der Waals surface area contributed by atoms with Crippen molar-refractivity contribution in [3.8, 4) is 5.75 Å². The van der Waals surface area contributed by atoms with Crippen LogP contribution in [0.1, 0.15) is 10.4 Å². The number of nitrogens with one attached hydrogen (secondary N) is 1. The van der Waals surface area contributed by atoms with Gasteiger partial charge in [0.05, 0.1) is 24.0 Å². The van der Waals surface area contributed by atoms with Crippen molar-refractivity contribution in [2.24, 2.45) is 0 Å². The van der Waals surface area contributed by atoms with Crippen LogP contribution >= 0.6 is 0 Å². The van der Waals surface area contributed by atoms with E-state index in [-0.39, 0.29) is 18.5 Å². The standard InChI is InChI=1S/C25H26N6O3/c1-28-12-13-30(16-24(28)32)20-5-3-4-19(14-20)29(2)18-6-8-21(9-7-18)34-31-17-27-23-15-26-11-10-22(23)25(31)33/h3-11,14-15,27H,12-13,16-17H2,1-2H3. The molecule has 0 saturated carbocycles. The van der Waals surface area contributed by atoms with Gasteiger partial charge in [0.1, 0.15) is 6.67 Å². The van der Waals surface area contributed by atoms with Crippen molar-refractivity contribution < 1.29 is 14.4 Å². The fourth-order valence-corrected chi connectivity index (χ4v) is 4.04. The number of aromatic nitrogens is 1. The van der Waals surface area contributed by atoms with Crippen LogP contribution in [0, 0.1) is 0 Å². The molecule has 3 heterocycles. The van der Waals surface area contributed by atoms with Gasteiger partial charge in [0.15, 0.2) is 5.75 Å². The van der Waals surface area contributed by atoms with Crippen molar-refractivity contribution in [2.45, 2.75) is 0 Å². The van der Waals surface area contributed by atoms with Crippen LogP contribution in [0.5, 0.6) is 5.75 Å². The molecule has 5 rings (SSSR count). The summed E-state index contributed by atoms with van der Waals surface area (Å²) >= 11 is 0. The second kappa shape index (κ2) is 8.93. The van der Waals surface area contributed by atoms with Crippen molar-refractivity contribution >= 4 is 34.6 Å². The number of fused-ring (bicyclic) bond motifs is 1. The summed E-state index contributed by atoms with van der Waals surface area (Å²) in [5.41, 5.74) is 4.24. The lowest BCUT2D eigenvalue weighted by Crippen LogP contribution is -2.48. The van der Waals surface area contributed by atoms with E-state index in [1.807, 2.05) is 56.6 Å². The molecule has 1 fully saturated rings. The van der Waals surface area contributed by atoms with Crippen molar-refractivity contribution in [3.63, 3.8) is 0 Å². The number of rotatable bonds is 5. The molecule has 2 aromatic carbocycles. The average Bonchev–Trinajstić information content (AvgIpc) is 2.87. The molecule has 1 N–H and O–H groups in total. The molecule has 1 saturated heterocycles. The van der Waals surface area contributed by atoms with Gasteiger partial charge in [-0.15, -0.1) is 0 Å². The first kappa shape index (κ1) is 21.6. The molecule has 0 radical (unpaired) electrons. The molecular formula is C25H26N6O3. The van der Waals surface area contributed by atoms with Gasteiger partial charge in [0, 0.05) is 50.4 Å². The monoisotopic (exact) mass is 458 g/mol. The Morgan fingerprint density at radius 2 is 1.85 bits per heavy atom. The summed E-state index contributed by atoms with van der Waals surface area (Å²) in [7, 11) is 3.83. The number of nitrogens with zero attached hydrogens (tertiary/aromatic N) is 5. The first-order valence-corrected chi connectivity index (χ1v) is 11.1. The number of hydrogen-bond donors (Lipinski definition) is 1. The third kappa shape index (κ3) is 4.19. The molecule has 34 heavy (non-hydrogen) atoms. The molecule has 0 unspecified atom stereocenters. The maximum atomic E-state index is 12.7. The molecule has 9 nitrogen and oxygen atoms in total. The van der Waals surface area contributed by atoms with Crippen molar-refractivity contribution in [3.05, 3.63) is 72.6 Å². The summed E-state index contributed by atoms with van der Waals surface area (Å²) in [6.07, 6.45) is 3.22. The summed E-state index contributed by atoms with van der Waals surface area (Å²) in [6, 6.07) is 17.4. The molecule has 174 valence electrons. The van der Waals surface area contributed by atoms with E-state index in [4.69, 9.17) is 4.84 Å². The Morgan fingerprint density at radius 3 is 2.65 bits per heavy atom. The van der Waals surface area contributed by atoms with Gasteiger partial charge in [-0.3, -0.25) is 14.6 Å². The Balaban J connectivity index is 1.27. The van der Waals surface area contributed by atoms with Crippen molar-refractivity contribution in [2.75, 3.05) is 55.5 Å². The lowest BCUT2D eigenvalue weighted by atomic mass is 10.2. The smallest absolute Gasteiger partial charge is 0.290 e. The zero-order valence-electron chi connectivity index (χ0n) is 19.1. The predicted molar refractivity (Wildman–Crippen MR) is 130 cm³/mol. The number of hydrogen-bond acceptors (Lipinski definition) is 7. The number of likely N-dealkylation sites (N-methyl/N-ethyl adjacent to an activating group) is 1. The van der Waals surface area contributed by atoms with Crippen LogP contribution in [0.25, 0.3) is 0 Å². The van der Waals surface area contributed by atoms with Crippen LogP contribution in [0.4, 0.5) is 22.7 Å². The van der Waals surface area contributed by atoms with Gasteiger partial charge in [-0.1, -0.05) is 6.07 Å². The van der Waals surface area contributed by atoms with Crippen LogP contribution in [-0.2, 0) is 4.79 Å². The van der Waals surface area contributed by atoms with Gasteiger partial charge in [0.2, 0.25) is 5.91 Å². The van der Waals surface area contributed by atoms with Crippen molar-refractivity contribution in [1.82, 2.24) is 14.9 Å². The fraction of sp³-hybridized carbons (Fsp3) is 0.240. The molecule has 0 bridgehead atoms. The number of amides is 2. The Kier molecular flexibility index (Phi) is 5.67. The van der Waals surface area contributed by atoms with Gasteiger partial charge in [-0.25, -0.2) is 0 Å². The fourth-order valence-electron chi connectivity index (χ4n) is 4.04. The van der Waals surface area contributed by atoms with Crippen LogP contribution in [0.2, 0.25) is 0 Å². The average molecular weight is 459 g/mol. The largest absolute Gasteiger partial charge is 0.375 e. The number of anilines is 4. The summed E-state index contributed by atoms with van der Waals surface area (Å²) in [5, 5.41) is 4.43. The second-order valence-corrected chi connectivity index (χ2v) is 8.34. The lowest BCUT2D eigenvalue weighted by molar-refractivity contribution is -0.129. The van der Waals surface area contributed by atoms with Crippen LogP contribution in [0.15, 0.2) is 67.0 Å². The zero-order chi connectivity index (χ0) is 23.7. The number of pyridine rings is 1. The van der Waals surface area contributed by atoms with Gasteiger partial charge >= 0.3 is 0 Å². The summed E-state index contributed by atoms with van der Waals surface area (Å²) in [5.74, 6) is 0.481. The molecule has 1 aromatic heterocycles. The maximum Gasteiger partial charge on any atom is 0.290 e. The molecule has 3 aromatic rings. The van der Waals surface area contributed by atoms with Gasteiger partial charge in [-0.05, 0) is 48.5 Å². The molecule has 2 aliphatic heterocycles. The molecule has 0 aliphatic carbocycles. The molecule has 2 aliphatic rings. The van der Waals surface area contributed by atoms with E-state index < -0.39 is 0 Å². The van der Waals surface area contributed by atoms with E-state index in [0.29, 0.717) is 23.5 Å². The van der Waals surface area contributed by atoms with E-state index in [0.717, 1.165) is 30.2 Å². The minimum absolute atomic E-state index is 0.128. The van der Waals surface area contributed by atoms with E-state index in [1.165, 1.54) is 5.06 Å². The molecule has 0 atom stereocenters. The van der Waals surface area contributed by atoms with E-state index in [9.17, 15) is 9.59 Å². The van der Waals surface area contributed by atoms with Gasteiger partial charge in [-0.2, -0.15) is 5.06 Å². The van der Waals surface area contributed by atoms with Gasteiger partial charge < -0.3 is 24.9 Å². The lowest BCUT2D eigenvalue weighted by Gasteiger charge is -2.34. The van der Waals surface area contributed by atoms with E-state index in [2.05, 4.69) is 26.2 Å². The Morgan fingerprint density at radius 1 is 1.03 bits per heavy atom. The highest BCUT2D eigenvalue weighted by molar-refractivity contribution is 6.00. The van der Waals surface area contributed by atoms with E-state index >= 15 is 0 Å². The maximum absolute atomic E-state index is 12.7. The molecule has 0 spiro atoms. The molecule has 2 amide bonds. The molecule has 9 heteroatoms. The van der Waals surface area contributed by atoms with Crippen molar-refractivity contribution in [1.29, 1.82) is 0 Å². The topological polar surface area (TPSA) is 81.2 Å². The first-order valence-electron chi connectivity index (χ1n) is 11.1. The third-order valence-electron chi connectivity index (χ3n) is 6.17. The number of carbonyl (C=O) groups is 2. The number of hydroxylamine groups is 2. The Labute approximate surface area is 198 Å². The third-order valence-corrected chi connectivity index (χ3v) is 6.17. The SMILES string of the molecule is CN1CCN(c2cccc(N(C)c3ccc(ON4CNc5cnccc5C4=O)cc3)c2)CC1=O. The number of benzene rings is 2. The highest BCUT2D eigenvalue weighted by Crippen LogP contribution is 2.30. The summed E-state index contributed by atoms with van der Waals surface area (Å²) in [6.45, 7) is 2.16. The minimum atomic E-state index is -0.212. The van der Waals surface area contributed by atoms with Crippen LogP contribution < -0.4 is 20.0 Å². The van der Waals surface area contributed by atoms with Crippen LogP contribution in [-0.4, -0.2) is 67.2 Å². The van der Waals surface area contributed by atoms with Crippen LogP contribution in [0.3, 0.4) is 0 Å². The number of piperazine rings is 1.